The molecular weight excluding hydrogens is 685 g/mol. The Morgan fingerprint density at radius 1 is 1.03 bits per heavy atom. The molecule has 0 bridgehead atoms. The Hall–Kier alpha value is -1.71. The molecule has 0 radical (unpaired) electrons. The van der Waals surface area contributed by atoms with Gasteiger partial charge in [-0.15, -0.1) is 0 Å². The summed E-state index contributed by atoms with van der Waals surface area (Å²) in [5, 5.41) is 5.96. The van der Waals surface area contributed by atoms with Crippen LogP contribution in [0.4, 0.5) is 0 Å². The summed E-state index contributed by atoms with van der Waals surface area (Å²) in [5.41, 5.74) is 2.07. The number of aromatic nitrogens is 2. The normalized spacial score (nSPS) is 11.7. The van der Waals surface area contributed by atoms with Gasteiger partial charge in [0, 0.05) is 10.4 Å². The summed E-state index contributed by atoms with van der Waals surface area (Å²) in [4.78, 5) is 17.9. The molecule has 1 heterocycles. The van der Waals surface area contributed by atoms with Gasteiger partial charge < -0.3 is 4.74 Å². The van der Waals surface area contributed by atoms with Crippen LogP contribution < -0.4 is 10.3 Å². The van der Waals surface area contributed by atoms with E-state index < -0.39 is 0 Å². The number of hydrogen-bond acceptors (Lipinski definition) is 4. The first-order chi connectivity index (χ1) is 16.6. The second-order valence-electron chi connectivity index (χ2n) is 8.00. The third-order valence-corrected chi connectivity index (χ3v) is 7.47. The predicted molar refractivity (Wildman–Crippen MR) is 153 cm³/mol. The highest BCUT2D eigenvalue weighted by Gasteiger charge is 2.14. The van der Waals surface area contributed by atoms with Crippen molar-refractivity contribution in [2.24, 2.45) is 5.10 Å². The maximum atomic E-state index is 13.2. The Kier molecular flexibility index (Phi) is 8.38. The van der Waals surface area contributed by atoms with Gasteiger partial charge in [0.25, 0.3) is 5.56 Å². The highest BCUT2D eigenvalue weighted by molar-refractivity contribution is 9.11. The molecule has 0 aliphatic rings. The van der Waals surface area contributed by atoms with Crippen molar-refractivity contribution in [3.8, 4) is 5.75 Å². The zero-order chi connectivity index (χ0) is 25.3. The van der Waals surface area contributed by atoms with Crippen LogP contribution in [0.25, 0.3) is 10.9 Å². The van der Waals surface area contributed by atoms with Gasteiger partial charge in [-0.1, -0.05) is 59.0 Å². The lowest BCUT2D eigenvalue weighted by atomic mass is 10.2. The van der Waals surface area contributed by atoms with Gasteiger partial charge in [-0.25, -0.2) is 4.98 Å². The van der Waals surface area contributed by atoms with Crippen LogP contribution in [0.2, 0.25) is 10.0 Å². The highest BCUT2D eigenvalue weighted by atomic mass is 79.9. The molecular formula is C25H18Br3Cl2N3O2. The van der Waals surface area contributed by atoms with Crippen LogP contribution in [0.15, 0.2) is 71.8 Å². The fourth-order valence-corrected chi connectivity index (χ4v) is 5.49. The number of rotatable bonds is 6. The zero-order valence-corrected chi connectivity index (χ0v) is 24.8. The molecule has 0 N–H and O–H groups in total. The summed E-state index contributed by atoms with van der Waals surface area (Å²) >= 11 is 22.6. The second kappa shape index (κ2) is 11.1. The van der Waals surface area contributed by atoms with Crippen molar-refractivity contribution in [1.82, 2.24) is 9.66 Å². The van der Waals surface area contributed by atoms with Gasteiger partial charge in [-0.3, -0.25) is 4.79 Å². The minimum atomic E-state index is -0.226. The first-order valence-corrected chi connectivity index (χ1v) is 13.6. The fourth-order valence-electron chi connectivity index (χ4n) is 3.35. The van der Waals surface area contributed by atoms with Crippen LogP contribution in [-0.4, -0.2) is 15.9 Å². The molecule has 0 atom stereocenters. The lowest BCUT2D eigenvalue weighted by Crippen LogP contribution is -2.23. The van der Waals surface area contributed by atoms with Crippen molar-refractivity contribution in [2.75, 3.05) is 0 Å². The summed E-state index contributed by atoms with van der Waals surface area (Å²) < 4.78 is 9.60. The average Bonchev–Trinajstić information content (AvgIpc) is 2.80. The zero-order valence-electron chi connectivity index (χ0n) is 18.5. The molecule has 180 valence electrons. The van der Waals surface area contributed by atoms with E-state index in [-0.39, 0.29) is 11.5 Å². The first-order valence-electron chi connectivity index (χ1n) is 10.5. The molecule has 0 saturated heterocycles. The Morgan fingerprint density at radius 3 is 2.40 bits per heavy atom. The molecule has 0 unspecified atom stereocenters. The van der Waals surface area contributed by atoms with Gasteiger partial charge in [0.15, 0.2) is 0 Å². The van der Waals surface area contributed by atoms with E-state index >= 15 is 0 Å². The molecule has 35 heavy (non-hydrogen) atoms. The number of ether oxygens (including phenoxy) is 1. The van der Waals surface area contributed by atoms with Crippen LogP contribution in [0, 0.1) is 0 Å². The van der Waals surface area contributed by atoms with Crippen LogP contribution >= 0.6 is 71.0 Å². The minimum Gasteiger partial charge on any atom is -0.487 e. The minimum absolute atomic E-state index is 0.00326. The van der Waals surface area contributed by atoms with Crippen molar-refractivity contribution < 1.29 is 4.74 Å². The van der Waals surface area contributed by atoms with Gasteiger partial charge in [0.2, 0.25) is 0 Å². The molecule has 0 fully saturated rings. The Bertz CT molecular complexity index is 1500. The van der Waals surface area contributed by atoms with Crippen molar-refractivity contribution in [3.05, 3.63) is 99.3 Å². The van der Waals surface area contributed by atoms with Gasteiger partial charge >= 0.3 is 0 Å². The van der Waals surface area contributed by atoms with Crippen LogP contribution in [-0.2, 0) is 6.61 Å². The number of benzene rings is 3. The summed E-state index contributed by atoms with van der Waals surface area (Å²) in [5.74, 6) is 1.22. The first kappa shape index (κ1) is 26.4. The number of halogens is 5. The van der Waals surface area contributed by atoms with Gasteiger partial charge in [0.05, 0.1) is 36.1 Å². The number of nitrogens with zero attached hydrogens (tertiary/aromatic N) is 3. The van der Waals surface area contributed by atoms with Crippen LogP contribution in [0.5, 0.6) is 5.75 Å². The fraction of sp³-hybridized carbons (Fsp3) is 0.160. The Labute approximate surface area is 237 Å². The average molecular weight is 703 g/mol. The lowest BCUT2D eigenvalue weighted by Gasteiger charge is -2.13. The van der Waals surface area contributed by atoms with Crippen molar-refractivity contribution >= 4 is 88.1 Å². The molecule has 10 heteroatoms. The molecule has 5 nitrogen and oxygen atoms in total. The highest BCUT2D eigenvalue weighted by Crippen LogP contribution is 2.35. The molecule has 4 rings (SSSR count). The molecule has 0 aliphatic carbocycles. The smallest absolute Gasteiger partial charge is 0.282 e. The lowest BCUT2D eigenvalue weighted by molar-refractivity contribution is 0.302. The van der Waals surface area contributed by atoms with Crippen LogP contribution in [0.1, 0.15) is 36.7 Å². The topological polar surface area (TPSA) is 56.5 Å². The standard InChI is InChI=1S/C25H18Br3Cl2N3O2/c1-13(2)24-32-22-6-4-16(26)10-17(22)25(34)33(24)31-11-15-7-18(27)23(19(28)8-15)35-12-14-3-5-20(29)21(30)9-14/h3-11,13H,12H2,1-2H3. The summed E-state index contributed by atoms with van der Waals surface area (Å²) in [7, 11) is 0. The van der Waals surface area contributed by atoms with Crippen molar-refractivity contribution in [3.63, 3.8) is 0 Å². The van der Waals surface area contributed by atoms with E-state index in [9.17, 15) is 4.79 Å². The maximum absolute atomic E-state index is 13.2. The van der Waals surface area contributed by atoms with Gasteiger partial charge in [-0.2, -0.15) is 9.78 Å². The summed E-state index contributed by atoms with van der Waals surface area (Å²) in [6.45, 7) is 4.27. The Balaban J connectivity index is 1.64. The monoisotopic (exact) mass is 699 g/mol. The van der Waals surface area contributed by atoms with E-state index in [1.165, 1.54) is 4.68 Å². The van der Waals surface area contributed by atoms with Gasteiger partial charge in [-0.05, 0) is 85.5 Å². The molecule has 4 aromatic rings. The van der Waals surface area contributed by atoms with Gasteiger partial charge in [0.1, 0.15) is 18.2 Å². The third kappa shape index (κ3) is 6.00. The van der Waals surface area contributed by atoms with Crippen molar-refractivity contribution in [1.29, 1.82) is 0 Å². The SMILES string of the molecule is CC(C)c1nc2ccc(Br)cc2c(=O)n1N=Cc1cc(Br)c(OCc2ccc(Cl)c(Cl)c2)c(Br)c1. The summed E-state index contributed by atoms with van der Waals surface area (Å²) in [6, 6.07) is 14.5. The molecule has 0 spiro atoms. The van der Waals surface area contributed by atoms with E-state index in [0.29, 0.717) is 39.1 Å². The van der Waals surface area contributed by atoms with E-state index in [1.807, 2.05) is 44.2 Å². The quantitative estimate of drug-likeness (QED) is 0.189. The van der Waals surface area contributed by atoms with E-state index in [4.69, 9.17) is 27.9 Å². The molecule has 3 aromatic carbocycles. The molecule has 1 aromatic heterocycles. The third-order valence-electron chi connectivity index (χ3n) is 5.06. The largest absolute Gasteiger partial charge is 0.487 e. The number of hydrogen-bond donors (Lipinski definition) is 0. The molecule has 0 amide bonds. The number of fused-ring (bicyclic) bond motifs is 1. The molecule has 0 saturated carbocycles. The molecule has 0 aliphatic heterocycles. The van der Waals surface area contributed by atoms with E-state index in [1.54, 1.807) is 24.4 Å². The second-order valence-corrected chi connectivity index (χ2v) is 11.4. The van der Waals surface area contributed by atoms with E-state index in [0.717, 1.165) is 24.5 Å². The van der Waals surface area contributed by atoms with Crippen molar-refractivity contribution in [2.45, 2.75) is 26.4 Å². The maximum Gasteiger partial charge on any atom is 0.282 e. The predicted octanol–water partition coefficient (Wildman–Crippen LogP) is 8.58. The Morgan fingerprint density at radius 2 is 1.74 bits per heavy atom. The summed E-state index contributed by atoms with van der Waals surface area (Å²) in [6.07, 6.45) is 1.62. The van der Waals surface area contributed by atoms with Crippen LogP contribution in [0.3, 0.4) is 0 Å². The van der Waals surface area contributed by atoms with E-state index in [2.05, 4.69) is 57.9 Å².